The van der Waals surface area contributed by atoms with E-state index in [0.717, 1.165) is 12.1 Å². The Morgan fingerprint density at radius 1 is 1.41 bits per heavy atom. The maximum Gasteiger partial charge on any atom is 0.416 e. The van der Waals surface area contributed by atoms with Crippen LogP contribution in [0.2, 0.25) is 0 Å². The quantitative estimate of drug-likeness (QED) is 0.774. The first-order valence-electron chi connectivity index (χ1n) is 5.00. The van der Waals surface area contributed by atoms with Crippen LogP contribution in [-0.2, 0) is 11.0 Å². The fourth-order valence-corrected chi connectivity index (χ4v) is 2.51. The number of benzene rings is 1. The molecule has 92 valence electrons. The largest absolute Gasteiger partial charge is 0.416 e. The van der Waals surface area contributed by atoms with E-state index in [4.69, 9.17) is 0 Å². The van der Waals surface area contributed by atoms with Gasteiger partial charge >= 0.3 is 6.18 Å². The Bertz CT molecular complexity index is 447. The lowest BCUT2D eigenvalue weighted by Gasteiger charge is -2.17. The van der Waals surface area contributed by atoms with Crippen LogP contribution in [0.5, 0.6) is 0 Å². The van der Waals surface area contributed by atoms with E-state index < -0.39 is 11.7 Å². The predicted octanol–water partition coefficient (Wildman–Crippen LogP) is 3.13. The van der Waals surface area contributed by atoms with Crippen molar-refractivity contribution in [2.24, 2.45) is 0 Å². The van der Waals surface area contributed by atoms with Crippen molar-refractivity contribution in [3.63, 3.8) is 0 Å². The molecule has 1 aliphatic heterocycles. The molecule has 0 spiro atoms. The molecule has 1 amide bonds. The standard InChI is InChI=1S/C11H10F3NOS/c1-7-10(16)15(6-17-7)9-4-2-3-8(5-9)11(12,13)14/h2-5,7H,6H2,1H3. The molecule has 2 rings (SSSR count). The van der Waals surface area contributed by atoms with Gasteiger partial charge in [0, 0.05) is 5.69 Å². The Labute approximate surface area is 101 Å². The van der Waals surface area contributed by atoms with E-state index in [9.17, 15) is 18.0 Å². The van der Waals surface area contributed by atoms with Gasteiger partial charge in [-0.3, -0.25) is 4.79 Å². The minimum Gasteiger partial charge on any atom is -0.302 e. The summed E-state index contributed by atoms with van der Waals surface area (Å²) in [6.07, 6.45) is -4.38. The average molecular weight is 261 g/mol. The number of nitrogens with zero attached hydrogens (tertiary/aromatic N) is 1. The number of hydrogen-bond acceptors (Lipinski definition) is 2. The van der Waals surface area contributed by atoms with Gasteiger partial charge in [-0.15, -0.1) is 11.8 Å². The van der Waals surface area contributed by atoms with Crippen LogP contribution in [0.25, 0.3) is 0 Å². The molecule has 1 atom stereocenters. The zero-order chi connectivity index (χ0) is 12.6. The Morgan fingerprint density at radius 3 is 2.65 bits per heavy atom. The number of amides is 1. The molecular formula is C11H10F3NOS. The first-order chi connectivity index (χ1) is 7.89. The van der Waals surface area contributed by atoms with Crippen molar-refractivity contribution in [2.45, 2.75) is 18.3 Å². The minimum atomic E-state index is -4.38. The molecule has 2 nitrogen and oxygen atoms in total. The molecule has 1 aliphatic rings. The van der Waals surface area contributed by atoms with Crippen LogP contribution in [-0.4, -0.2) is 17.0 Å². The second-order valence-corrected chi connectivity index (χ2v) is 5.05. The highest BCUT2D eigenvalue weighted by atomic mass is 32.2. The third-order valence-corrected chi connectivity index (χ3v) is 3.66. The van der Waals surface area contributed by atoms with Crippen LogP contribution in [0.3, 0.4) is 0 Å². The molecule has 17 heavy (non-hydrogen) atoms. The molecule has 1 saturated heterocycles. The predicted molar refractivity (Wildman–Crippen MR) is 60.9 cm³/mol. The van der Waals surface area contributed by atoms with Gasteiger partial charge in [0.15, 0.2) is 0 Å². The fourth-order valence-electron chi connectivity index (χ4n) is 1.59. The smallest absolute Gasteiger partial charge is 0.302 e. The number of rotatable bonds is 1. The summed E-state index contributed by atoms with van der Waals surface area (Å²) in [5.41, 5.74) is -0.422. The van der Waals surface area contributed by atoms with Gasteiger partial charge in [0.1, 0.15) is 0 Å². The third kappa shape index (κ3) is 2.41. The number of alkyl halides is 3. The topological polar surface area (TPSA) is 20.3 Å². The monoisotopic (exact) mass is 261 g/mol. The first kappa shape index (κ1) is 12.3. The maximum absolute atomic E-state index is 12.5. The van der Waals surface area contributed by atoms with E-state index in [0.29, 0.717) is 11.6 Å². The van der Waals surface area contributed by atoms with Crippen LogP contribution >= 0.6 is 11.8 Å². The van der Waals surface area contributed by atoms with Crippen molar-refractivity contribution < 1.29 is 18.0 Å². The zero-order valence-electron chi connectivity index (χ0n) is 8.99. The van der Waals surface area contributed by atoms with Crippen LogP contribution in [0, 0.1) is 0 Å². The van der Waals surface area contributed by atoms with Crippen molar-refractivity contribution in [3.05, 3.63) is 29.8 Å². The molecule has 0 saturated carbocycles. The SMILES string of the molecule is CC1SCN(c2cccc(C(F)(F)F)c2)C1=O. The lowest BCUT2D eigenvalue weighted by atomic mass is 10.2. The lowest BCUT2D eigenvalue weighted by Crippen LogP contribution is -2.28. The van der Waals surface area contributed by atoms with Gasteiger partial charge in [-0.05, 0) is 25.1 Å². The second kappa shape index (κ2) is 4.25. The highest BCUT2D eigenvalue weighted by Gasteiger charge is 2.33. The summed E-state index contributed by atoms with van der Waals surface area (Å²) in [5, 5.41) is -0.190. The van der Waals surface area contributed by atoms with E-state index >= 15 is 0 Å². The Balaban J connectivity index is 2.31. The molecule has 1 aromatic rings. The molecule has 0 bridgehead atoms. The van der Waals surface area contributed by atoms with Crippen LogP contribution in [0.4, 0.5) is 18.9 Å². The molecule has 1 unspecified atom stereocenters. The highest BCUT2D eigenvalue weighted by Crippen LogP contribution is 2.34. The lowest BCUT2D eigenvalue weighted by molar-refractivity contribution is -0.137. The van der Waals surface area contributed by atoms with Crippen LogP contribution in [0.1, 0.15) is 12.5 Å². The molecule has 0 radical (unpaired) electrons. The molecule has 1 fully saturated rings. The number of anilines is 1. The molecule has 1 aromatic carbocycles. The Morgan fingerprint density at radius 2 is 2.12 bits per heavy atom. The summed E-state index contributed by atoms with van der Waals surface area (Å²) >= 11 is 1.42. The van der Waals surface area contributed by atoms with E-state index in [1.165, 1.54) is 28.8 Å². The number of thioether (sulfide) groups is 1. The fraction of sp³-hybridized carbons (Fsp3) is 0.364. The summed E-state index contributed by atoms with van der Waals surface area (Å²) in [7, 11) is 0. The van der Waals surface area contributed by atoms with Crippen LogP contribution < -0.4 is 4.90 Å². The van der Waals surface area contributed by atoms with Gasteiger partial charge in [-0.1, -0.05) is 6.07 Å². The summed E-state index contributed by atoms with van der Waals surface area (Å²) < 4.78 is 37.6. The van der Waals surface area contributed by atoms with Gasteiger partial charge in [-0.2, -0.15) is 13.2 Å². The van der Waals surface area contributed by atoms with E-state index in [1.807, 2.05) is 0 Å². The Kier molecular flexibility index (Phi) is 3.07. The average Bonchev–Trinajstić information content (AvgIpc) is 2.59. The van der Waals surface area contributed by atoms with Gasteiger partial charge in [-0.25, -0.2) is 0 Å². The van der Waals surface area contributed by atoms with Gasteiger partial charge in [0.05, 0.1) is 16.7 Å². The third-order valence-electron chi connectivity index (χ3n) is 2.55. The highest BCUT2D eigenvalue weighted by molar-refractivity contribution is 8.01. The Hall–Kier alpha value is -1.17. The molecule has 0 N–H and O–H groups in total. The number of hydrogen-bond donors (Lipinski definition) is 0. The molecular weight excluding hydrogens is 251 g/mol. The van der Waals surface area contributed by atoms with Crippen molar-refractivity contribution in [3.8, 4) is 0 Å². The van der Waals surface area contributed by atoms with Gasteiger partial charge in [0.2, 0.25) is 5.91 Å². The summed E-state index contributed by atoms with van der Waals surface area (Å²) in [6.45, 7) is 1.75. The number of halogens is 3. The van der Waals surface area contributed by atoms with Crippen LogP contribution in [0.15, 0.2) is 24.3 Å². The van der Waals surface area contributed by atoms with E-state index in [-0.39, 0.29) is 11.2 Å². The summed E-state index contributed by atoms with van der Waals surface area (Å²) in [5.74, 6) is 0.260. The van der Waals surface area contributed by atoms with Crippen molar-refractivity contribution in [1.82, 2.24) is 0 Å². The maximum atomic E-state index is 12.5. The molecule has 6 heteroatoms. The van der Waals surface area contributed by atoms with E-state index in [1.54, 1.807) is 6.92 Å². The van der Waals surface area contributed by atoms with Crippen molar-refractivity contribution in [2.75, 3.05) is 10.8 Å². The molecule has 0 aliphatic carbocycles. The second-order valence-electron chi connectivity index (χ2n) is 3.75. The zero-order valence-corrected chi connectivity index (χ0v) is 9.81. The normalized spacial score (nSPS) is 21.1. The first-order valence-corrected chi connectivity index (χ1v) is 6.05. The number of carbonyl (C=O) groups is 1. The molecule has 1 heterocycles. The number of carbonyl (C=O) groups excluding carboxylic acids is 1. The van der Waals surface area contributed by atoms with Gasteiger partial charge < -0.3 is 4.90 Å². The van der Waals surface area contributed by atoms with Crippen molar-refractivity contribution >= 4 is 23.4 Å². The summed E-state index contributed by atoms with van der Waals surface area (Å²) in [4.78, 5) is 13.1. The molecule has 0 aromatic heterocycles. The summed E-state index contributed by atoms with van der Waals surface area (Å²) in [6, 6.07) is 4.85. The minimum absolute atomic E-state index is 0.144. The van der Waals surface area contributed by atoms with Gasteiger partial charge in [0.25, 0.3) is 0 Å². The van der Waals surface area contributed by atoms with E-state index in [2.05, 4.69) is 0 Å². The van der Waals surface area contributed by atoms with Crippen molar-refractivity contribution in [1.29, 1.82) is 0 Å².